The second kappa shape index (κ2) is 41.1. The van der Waals surface area contributed by atoms with Crippen molar-refractivity contribution in [2.75, 3.05) is 65.4 Å². The van der Waals surface area contributed by atoms with Gasteiger partial charge in [0, 0.05) is 188 Å². The van der Waals surface area contributed by atoms with Crippen LogP contribution in [0.15, 0.2) is 244 Å². The molecule has 0 aliphatic carbocycles. The Balaban J connectivity index is 0.000000122. The smallest absolute Gasteiger partial charge is 0.255 e. The van der Waals surface area contributed by atoms with E-state index in [0.717, 1.165) is 204 Å². The molecule has 0 bridgehead atoms. The summed E-state index contributed by atoms with van der Waals surface area (Å²) in [4.78, 5) is 107. The van der Waals surface area contributed by atoms with Crippen LogP contribution in [0, 0.1) is 17.8 Å². The highest BCUT2D eigenvalue weighted by Gasteiger charge is 2.33. The van der Waals surface area contributed by atoms with Crippen molar-refractivity contribution < 1.29 is 53.6 Å². The maximum absolute atomic E-state index is 14.0. The van der Waals surface area contributed by atoms with Crippen LogP contribution in [0.4, 0.5) is 4.39 Å². The molecule has 1 unspecified atom stereocenters. The molecule has 15 aromatic rings. The lowest BCUT2D eigenvalue weighted by molar-refractivity contribution is 0.0502. The van der Waals surface area contributed by atoms with Gasteiger partial charge in [0.25, 0.3) is 29.5 Å². The lowest BCUT2D eigenvalue weighted by atomic mass is 9.95. The fraction of sp³-hybridized carbons (Fsp3) is 0.336. The van der Waals surface area contributed by atoms with Gasteiger partial charge in [-0.3, -0.25) is 28.8 Å². The topological polar surface area (TPSA) is 315 Å². The van der Waals surface area contributed by atoms with Gasteiger partial charge < -0.3 is 73.5 Å². The molecule has 134 heavy (non-hydrogen) atoms. The van der Waals surface area contributed by atoms with Gasteiger partial charge in [-0.05, 0) is 272 Å². The third kappa shape index (κ3) is 21.6. The summed E-state index contributed by atoms with van der Waals surface area (Å²) in [5.74, 6) is 1.79. The number of likely N-dealkylation sites (tertiary alicyclic amines) is 5. The number of piperidine rings is 5. The molecule has 0 radical (unpaired) electrons. The van der Waals surface area contributed by atoms with Gasteiger partial charge in [0.05, 0.1) is 52.7 Å². The molecule has 6 N–H and O–H groups in total. The van der Waals surface area contributed by atoms with Crippen LogP contribution in [0.2, 0.25) is 0 Å². The van der Waals surface area contributed by atoms with E-state index in [1.54, 1.807) is 87.8 Å². The number of alkyl halides is 1. The number of aliphatic hydroxyl groups is 4. The Morgan fingerprint density at radius 3 is 1.00 bits per heavy atom. The predicted molar refractivity (Wildman–Crippen MR) is 519 cm³/mol. The highest BCUT2D eigenvalue weighted by atomic mass is 19.1. The van der Waals surface area contributed by atoms with Gasteiger partial charge >= 0.3 is 0 Å². The van der Waals surface area contributed by atoms with E-state index < -0.39 is 23.3 Å². The first-order chi connectivity index (χ1) is 64.6. The molecule has 27 heteroatoms. The minimum atomic E-state index is -1.19. The lowest BCUT2D eigenvalue weighted by Gasteiger charge is -2.34. The van der Waals surface area contributed by atoms with Gasteiger partial charge in [0.15, 0.2) is 0 Å². The molecule has 5 aliphatic rings. The van der Waals surface area contributed by atoms with Crippen molar-refractivity contribution >= 4 is 90.6 Å². The van der Waals surface area contributed by atoms with E-state index in [1.165, 1.54) is 6.42 Å². The van der Waals surface area contributed by atoms with Crippen LogP contribution < -0.4 is 5.73 Å². The summed E-state index contributed by atoms with van der Waals surface area (Å²) in [7, 11) is 0. The molecule has 5 fully saturated rings. The van der Waals surface area contributed by atoms with Crippen LogP contribution in [-0.2, 0) is 18.8 Å². The summed E-state index contributed by atoms with van der Waals surface area (Å²) >= 11 is 0. The molecule has 692 valence electrons. The lowest BCUT2D eigenvalue weighted by Crippen LogP contribution is -2.43. The number of pyridine rings is 5. The number of hydrogen-bond donors (Lipinski definition) is 5. The fourth-order valence-electron chi connectivity index (χ4n) is 17.9. The average Bonchev–Trinajstić information content (AvgIpc) is 1.64. The Kier molecular flexibility index (Phi) is 28.6. The number of primary amides is 1. The summed E-state index contributed by atoms with van der Waals surface area (Å²) in [5, 5.41) is 42.9. The van der Waals surface area contributed by atoms with Crippen molar-refractivity contribution in [2.24, 2.45) is 23.5 Å². The van der Waals surface area contributed by atoms with Gasteiger partial charge in [-0.15, -0.1) is 0 Å². The summed E-state index contributed by atoms with van der Waals surface area (Å²) < 4.78 is 23.8. The number of benzene rings is 5. The Morgan fingerprint density at radius 2 is 0.687 bits per heavy atom. The van der Waals surface area contributed by atoms with Crippen LogP contribution in [0.3, 0.4) is 0 Å². The molecule has 15 heterocycles. The average molecular weight is 1810 g/mol. The number of carbonyl (C=O) groups excluding carboxylic acids is 6. The monoisotopic (exact) mass is 1800 g/mol. The molecule has 5 saturated heterocycles. The first-order valence-corrected chi connectivity index (χ1v) is 46.5. The summed E-state index contributed by atoms with van der Waals surface area (Å²) in [5.41, 5.74) is 18.9. The van der Waals surface area contributed by atoms with Gasteiger partial charge in [-0.25, -0.2) is 29.3 Å². The first-order valence-electron chi connectivity index (χ1n) is 46.5. The molecule has 5 aliphatic heterocycles. The van der Waals surface area contributed by atoms with E-state index in [-0.39, 0.29) is 42.7 Å². The van der Waals surface area contributed by atoms with Crippen molar-refractivity contribution in [2.45, 2.75) is 150 Å². The summed E-state index contributed by atoms with van der Waals surface area (Å²) in [6.07, 6.45) is 28.0. The van der Waals surface area contributed by atoms with Crippen LogP contribution in [0.1, 0.15) is 210 Å². The molecule has 20 rings (SSSR count). The molecule has 10 aromatic heterocycles. The molecule has 0 saturated carbocycles. The van der Waals surface area contributed by atoms with E-state index in [4.69, 9.17) is 5.73 Å². The fourth-order valence-corrected chi connectivity index (χ4v) is 17.9. The SMILES string of the molecule is CC(C)(O)c1ccc(-n2ccc3cc(C(=O)N4CCCCC4)cnc32)cc1.CC1(F)CCN(C(=O)c2cnc3c(ccn3-c3ccc(C(N)=O)cc3)c2)CC1.CC1CCN(C(=O)c2cnc3c(ccn3-c3ccc(C(C)O)cc3)c2)CC1.CC1CCN(C(=O)c2cnc3c(ccn3-c3ccc(CO)cc3)c2)CC1.CC1CCN(C(=O)c2cnc3c(ccn3-c3cccc(CO)c3)c2)CC1. The normalized spacial score (nSPS) is 15.9. The van der Waals surface area contributed by atoms with Gasteiger partial charge in [0.1, 0.15) is 33.9 Å². The zero-order valence-electron chi connectivity index (χ0n) is 77.1. The van der Waals surface area contributed by atoms with Crippen LogP contribution in [-0.4, -0.2) is 199 Å². The largest absolute Gasteiger partial charge is 0.392 e. The number of aromatic nitrogens is 10. The highest BCUT2D eigenvalue weighted by molar-refractivity contribution is 6.01. The minimum absolute atomic E-state index is 0.00751. The Labute approximate surface area is 778 Å². The molecular formula is C107H117FN16O10. The Bertz CT molecular complexity index is 6690. The molecule has 6 amide bonds. The second-order valence-corrected chi connectivity index (χ2v) is 37.0. The second-order valence-electron chi connectivity index (χ2n) is 37.0. The minimum Gasteiger partial charge on any atom is -0.392 e. The van der Waals surface area contributed by atoms with Crippen molar-refractivity contribution in [1.82, 2.24) is 72.3 Å². The number of nitrogens with two attached hydrogens (primary N) is 1. The third-order valence-corrected chi connectivity index (χ3v) is 26.5. The van der Waals surface area contributed by atoms with Crippen molar-refractivity contribution in [3.8, 4) is 28.4 Å². The molecule has 0 spiro atoms. The van der Waals surface area contributed by atoms with Crippen LogP contribution >= 0.6 is 0 Å². The summed E-state index contributed by atoms with van der Waals surface area (Å²) in [6.45, 7) is 21.1. The number of carbonyl (C=O) groups is 6. The molecular weight excluding hydrogens is 1690 g/mol. The van der Waals surface area contributed by atoms with Gasteiger partial charge in [0.2, 0.25) is 5.91 Å². The molecule has 1 atom stereocenters. The van der Waals surface area contributed by atoms with E-state index in [0.29, 0.717) is 82.7 Å². The van der Waals surface area contributed by atoms with E-state index in [2.05, 4.69) is 45.7 Å². The third-order valence-electron chi connectivity index (χ3n) is 26.5. The van der Waals surface area contributed by atoms with Crippen molar-refractivity contribution in [3.05, 3.63) is 300 Å². The van der Waals surface area contributed by atoms with Crippen molar-refractivity contribution in [3.63, 3.8) is 0 Å². The highest BCUT2D eigenvalue weighted by Crippen LogP contribution is 2.33. The van der Waals surface area contributed by atoms with E-state index in [1.807, 2.05) is 231 Å². The predicted octanol–water partition coefficient (Wildman–Crippen LogP) is 17.7. The zero-order chi connectivity index (χ0) is 94.1. The Morgan fingerprint density at radius 1 is 0.388 bits per heavy atom. The van der Waals surface area contributed by atoms with E-state index >= 15 is 0 Å². The van der Waals surface area contributed by atoms with Gasteiger partial charge in [-0.2, -0.15) is 0 Å². The number of fused-ring (bicyclic) bond motifs is 5. The standard InChI is InChI=1S/2C22H25N3O2.C21H21FN4O2.2C21H23N3O2/c1-15-7-10-24(11-8-15)22(27)19-13-18-9-12-25(21(18)23-14-19)20-5-3-17(4-6-20)16(2)26;1-22(2,27)18-6-8-19(9-7-18)25-13-10-16-14-17(15-23-20(16)25)21(26)24-11-4-3-5-12-24;1-21(22)7-10-25(11-8-21)20(28)16-12-15-6-9-26(19(15)24-13-16)17-4-2-14(3-5-17)18(23)27;1-15-6-9-23(10-7-15)21(26)18-12-17-8-11-24(20(17)22-13-18)19-4-2-16(14-25)3-5-19;1-15-5-8-23(9-6-15)21(26)18-12-17-7-10-24(20(17)22-13-18)19-4-2-3-16(11-19)14-25/h3-6,9,12-16,26H,7-8,10-11H2,1-2H3;6-10,13-15,27H,3-5,11-12H2,1-2H3;2-6,9,12-13H,7-8,10-11H2,1H3,(H2,23,27);2-5,8,11-13,15,25H,6-7,9-10,14H2,1H3;2-4,7,10-13,15,25H,5-6,8-9,14H2,1H3. The van der Waals surface area contributed by atoms with E-state index in [9.17, 15) is 53.6 Å². The van der Waals surface area contributed by atoms with Crippen LogP contribution in [0.5, 0.6) is 0 Å². The van der Waals surface area contributed by atoms with Gasteiger partial charge in [-0.1, -0.05) is 69.3 Å². The number of rotatable bonds is 15. The summed E-state index contributed by atoms with van der Waals surface area (Å²) in [6, 6.07) is 57.3. The number of halogens is 1. The molecule has 5 aromatic carbocycles. The number of nitrogens with zero attached hydrogens (tertiary/aromatic N) is 15. The van der Waals surface area contributed by atoms with Crippen LogP contribution in [0.25, 0.3) is 83.6 Å². The number of aliphatic hydroxyl groups excluding tert-OH is 3. The maximum atomic E-state index is 14.0. The number of amides is 6. The molecule has 26 nitrogen and oxygen atoms in total. The number of hydrogen-bond acceptors (Lipinski definition) is 15. The maximum Gasteiger partial charge on any atom is 0.255 e. The van der Waals surface area contributed by atoms with Crippen molar-refractivity contribution in [1.29, 1.82) is 0 Å². The zero-order valence-corrected chi connectivity index (χ0v) is 77.1. The Hall–Kier alpha value is -13.9. The first kappa shape index (κ1) is 93.4. The quantitative estimate of drug-likeness (QED) is 0.0637.